The molecule has 1 aromatic rings. The molecule has 3 heteroatoms. The third-order valence-corrected chi connectivity index (χ3v) is 6.20. The molecule has 0 spiro atoms. The highest BCUT2D eigenvalue weighted by Gasteiger charge is 2.31. The van der Waals surface area contributed by atoms with Crippen molar-refractivity contribution in [1.29, 1.82) is 0 Å². The highest BCUT2D eigenvalue weighted by atomic mass is 79.9. The molecular weight excluding hydrogens is 318 g/mol. The quantitative estimate of drug-likeness (QED) is 0.767. The van der Waals surface area contributed by atoms with Crippen molar-refractivity contribution in [2.45, 2.75) is 46.0 Å². The molecule has 0 saturated heterocycles. The molecule has 1 heterocycles. The van der Waals surface area contributed by atoms with Crippen LogP contribution in [0.25, 0.3) is 0 Å². The highest BCUT2D eigenvalue weighted by Crippen LogP contribution is 2.44. The van der Waals surface area contributed by atoms with Crippen LogP contribution in [-0.2, 0) is 0 Å². The zero-order valence-electron chi connectivity index (χ0n) is 12.3. The number of hydrogen-bond acceptors (Lipinski definition) is 2. The van der Waals surface area contributed by atoms with E-state index in [1.54, 1.807) is 4.88 Å². The van der Waals surface area contributed by atoms with Crippen LogP contribution in [0.5, 0.6) is 0 Å². The van der Waals surface area contributed by atoms with Gasteiger partial charge in [-0.2, -0.15) is 0 Å². The molecule has 0 radical (unpaired) electrons. The Labute approximate surface area is 130 Å². The van der Waals surface area contributed by atoms with Gasteiger partial charge in [0.05, 0.1) is 0 Å². The summed E-state index contributed by atoms with van der Waals surface area (Å²) in [5, 5.41) is 5.89. The summed E-state index contributed by atoms with van der Waals surface area (Å²) < 4.78 is 1.32. The minimum atomic E-state index is 0.745. The van der Waals surface area contributed by atoms with Gasteiger partial charge in [-0.15, -0.1) is 11.3 Å². The number of hydrogen-bond donors (Lipinski definition) is 1. The van der Waals surface area contributed by atoms with Crippen LogP contribution < -0.4 is 5.32 Å². The molecule has 2 rings (SSSR count). The van der Waals surface area contributed by atoms with Gasteiger partial charge in [0.15, 0.2) is 0 Å². The van der Waals surface area contributed by atoms with Gasteiger partial charge < -0.3 is 5.32 Å². The summed E-state index contributed by atoms with van der Waals surface area (Å²) in [6, 6.07) is 2.21. The fourth-order valence-corrected chi connectivity index (χ4v) is 5.01. The van der Waals surface area contributed by atoms with Crippen molar-refractivity contribution in [1.82, 2.24) is 5.32 Å². The predicted molar refractivity (Wildman–Crippen MR) is 89.0 cm³/mol. The topological polar surface area (TPSA) is 12.0 Å². The first-order chi connectivity index (χ1) is 9.08. The molecule has 108 valence electrons. The fourth-order valence-electron chi connectivity index (χ4n) is 3.14. The Hall–Kier alpha value is 0.140. The molecule has 1 N–H and O–H groups in total. The van der Waals surface area contributed by atoms with Crippen molar-refractivity contribution in [3.63, 3.8) is 0 Å². The first-order valence-electron chi connectivity index (χ1n) is 7.51. The average molecular weight is 344 g/mol. The Balaban J connectivity index is 2.01. The molecule has 3 unspecified atom stereocenters. The van der Waals surface area contributed by atoms with Gasteiger partial charge >= 0.3 is 0 Å². The van der Waals surface area contributed by atoms with Gasteiger partial charge in [-0.05, 0) is 77.0 Å². The first-order valence-corrected chi connectivity index (χ1v) is 9.18. The maximum atomic E-state index is 3.73. The van der Waals surface area contributed by atoms with Crippen LogP contribution in [0.3, 0.4) is 0 Å². The van der Waals surface area contributed by atoms with E-state index in [0.717, 1.165) is 30.2 Å². The van der Waals surface area contributed by atoms with Crippen LogP contribution in [0, 0.1) is 17.8 Å². The predicted octanol–water partition coefficient (Wildman–Crippen LogP) is 5.28. The zero-order chi connectivity index (χ0) is 13.8. The van der Waals surface area contributed by atoms with Crippen molar-refractivity contribution in [2.24, 2.45) is 17.8 Å². The largest absolute Gasteiger partial charge is 0.316 e. The Bertz CT molecular complexity index is 388. The second-order valence-electron chi connectivity index (χ2n) is 6.47. The van der Waals surface area contributed by atoms with Gasteiger partial charge in [0.25, 0.3) is 0 Å². The fraction of sp³-hybridized carbons (Fsp3) is 0.750. The van der Waals surface area contributed by atoms with Gasteiger partial charge in [-0.1, -0.05) is 27.2 Å². The molecule has 1 fully saturated rings. The van der Waals surface area contributed by atoms with E-state index < -0.39 is 0 Å². The summed E-state index contributed by atoms with van der Waals surface area (Å²) in [5.74, 6) is 3.18. The summed E-state index contributed by atoms with van der Waals surface area (Å²) in [6.07, 6.45) is 4.13. The van der Waals surface area contributed by atoms with Gasteiger partial charge in [0, 0.05) is 9.35 Å². The molecule has 0 bridgehead atoms. The lowest BCUT2D eigenvalue weighted by Gasteiger charge is -2.35. The highest BCUT2D eigenvalue weighted by molar-refractivity contribution is 9.10. The van der Waals surface area contributed by atoms with E-state index in [-0.39, 0.29) is 0 Å². The lowest BCUT2D eigenvalue weighted by Crippen LogP contribution is -2.33. The number of halogens is 1. The molecule has 0 aromatic carbocycles. The first kappa shape index (κ1) is 15.5. The minimum absolute atomic E-state index is 0.745. The van der Waals surface area contributed by atoms with E-state index in [1.807, 2.05) is 11.3 Å². The van der Waals surface area contributed by atoms with Gasteiger partial charge in [0.1, 0.15) is 0 Å². The van der Waals surface area contributed by atoms with Crippen molar-refractivity contribution >= 4 is 27.3 Å². The lowest BCUT2D eigenvalue weighted by atomic mass is 9.74. The summed E-state index contributed by atoms with van der Waals surface area (Å²) in [5.41, 5.74) is 0. The molecule has 1 aromatic heterocycles. The Morgan fingerprint density at radius 2 is 2.21 bits per heavy atom. The van der Waals surface area contributed by atoms with E-state index in [0.29, 0.717) is 0 Å². The smallest absolute Gasteiger partial charge is 0.0317 e. The Morgan fingerprint density at radius 1 is 1.42 bits per heavy atom. The van der Waals surface area contributed by atoms with Crippen LogP contribution in [0.1, 0.15) is 50.8 Å². The maximum absolute atomic E-state index is 3.73. The van der Waals surface area contributed by atoms with Crippen molar-refractivity contribution in [3.8, 4) is 0 Å². The van der Waals surface area contributed by atoms with Crippen LogP contribution in [0.15, 0.2) is 15.9 Å². The maximum Gasteiger partial charge on any atom is 0.0317 e. The van der Waals surface area contributed by atoms with Gasteiger partial charge in [-0.25, -0.2) is 0 Å². The summed E-state index contributed by atoms with van der Waals surface area (Å²) in [4.78, 5) is 1.57. The second kappa shape index (κ2) is 7.24. The third-order valence-electron chi connectivity index (χ3n) is 4.20. The number of nitrogens with one attached hydrogen (secondary N) is 1. The van der Waals surface area contributed by atoms with Crippen molar-refractivity contribution in [2.75, 3.05) is 13.1 Å². The second-order valence-corrected chi connectivity index (χ2v) is 8.27. The van der Waals surface area contributed by atoms with E-state index in [2.05, 4.69) is 53.5 Å². The molecule has 0 aliphatic heterocycles. The molecule has 0 amide bonds. The van der Waals surface area contributed by atoms with Crippen LogP contribution in [-0.4, -0.2) is 13.1 Å². The number of thiophene rings is 1. The Kier molecular flexibility index (Phi) is 5.91. The summed E-state index contributed by atoms with van der Waals surface area (Å²) in [7, 11) is 0. The standard InChI is InChI=1S/C16H26BrNS/c1-11(2)9-18-10-13-5-4-12(3)8-14(13)16-15(17)6-7-19-16/h6-7,11-14,18H,4-5,8-10H2,1-3H3. The lowest BCUT2D eigenvalue weighted by molar-refractivity contribution is 0.242. The molecule has 1 aliphatic rings. The Morgan fingerprint density at radius 3 is 2.84 bits per heavy atom. The molecule has 1 saturated carbocycles. The van der Waals surface area contributed by atoms with Crippen LogP contribution in [0.2, 0.25) is 0 Å². The molecule has 1 aliphatic carbocycles. The van der Waals surface area contributed by atoms with E-state index in [4.69, 9.17) is 0 Å². The summed E-state index contributed by atoms with van der Waals surface area (Å²) >= 11 is 5.66. The molecule has 3 atom stereocenters. The summed E-state index contributed by atoms with van der Waals surface area (Å²) in [6.45, 7) is 9.29. The van der Waals surface area contributed by atoms with Crippen molar-refractivity contribution in [3.05, 3.63) is 20.8 Å². The molecular formula is C16H26BrNS. The number of rotatable bonds is 5. The van der Waals surface area contributed by atoms with Crippen LogP contribution in [0.4, 0.5) is 0 Å². The van der Waals surface area contributed by atoms with E-state index in [1.165, 1.54) is 30.3 Å². The van der Waals surface area contributed by atoms with Gasteiger partial charge in [0.2, 0.25) is 0 Å². The van der Waals surface area contributed by atoms with Gasteiger partial charge in [-0.3, -0.25) is 0 Å². The monoisotopic (exact) mass is 343 g/mol. The van der Waals surface area contributed by atoms with E-state index in [9.17, 15) is 0 Å². The molecule has 19 heavy (non-hydrogen) atoms. The zero-order valence-corrected chi connectivity index (χ0v) is 14.7. The average Bonchev–Trinajstić information content (AvgIpc) is 2.77. The SMILES string of the molecule is CC(C)CNCC1CCC(C)CC1c1sccc1Br. The van der Waals surface area contributed by atoms with Crippen molar-refractivity contribution < 1.29 is 0 Å². The normalized spacial score (nSPS) is 27.9. The third kappa shape index (κ3) is 4.30. The van der Waals surface area contributed by atoms with E-state index >= 15 is 0 Å². The molecule has 1 nitrogen and oxygen atoms in total. The minimum Gasteiger partial charge on any atom is -0.316 e. The van der Waals surface area contributed by atoms with Crippen LogP contribution >= 0.6 is 27.3 Å².